The normalized spacial score (nSPS) is 10.8. The van der Waals surface area contributed by atoms with Crippen LogP contribution >= 0.6 is 0 Å². The van der Waals surface area contributed by atoms with Gasteiger partial charge in [0.1, 0.15) is 18.2 Å². The Hall–Kier alpha value is -2.23. The van der Waals surface area contributed by atoms with Crippen LogP contribution < -0.4 is 0 Å². The van der Waals surface area contributed by atoms with Gasteiger partial charge in [0.15, 0.2) is 0 Å². The fraction of sp³-hybridized carbons (Fsp3) is 0.0714. The second kappa shape index (κ2) is 5.91. The average Bonchev–Trinajstić information content (AvgIpc) is 2.39. The molecule has 4 heteroatoms. The molecule has 0 radical (unpaired) electrons. The first-order valence-electron chi connectivity index (χ1n) is 5.40. The summed E-state index contributed by atoms with van der Waals surface area (Å²) in [5.74, 6) is -0.631. The predicted molar refractivity (Wildman–Crippen MR) is 65.2 cm³/mol. The van der Waals surface area contributed by atoms with E-state index in [9.17, 15) is 8.78 Å². The van der Waals surface area contributed by atoms with Crippen LogP contribution in [-0.2, 0) is 11.4 Å². The molecule has 0 aliphatic carbocycles. The highest BCUT2D eigenvalue weighted by Crippen LogP contribution is 2.07. The first-order valence-corrected chi connectivity index (χ1v) is 5.40. The van der Waals surface area contributed by atoms with Crippen molar-refractivity contribution in [2.45, 2.75) is 6.61 Å². The van der Waals surface area contributed by atoms with Crippen molar-refractivity contribution in [1.29, 1.82) is 0 Å². The summed E-state index contributed by atoms with van der Waals surface area (Å²) in [6.45, 7) is 0.0599. The third kappa shape index (κ3) is 3.38. The van der Waals surface area contributed by atoms with Crippen LogP contribution in [0.4, 0.5) is 8.78 Å². The maximum absolute atomic E-state index is 13.2. The van der Waals surface area contributed by atoms with Gasteiger partial charge in [0.2, 0.25) is 0 Å². The molecule has 2 aromatic rings. The molecule has 0 aliphatic rings. The molecule has 0 atom stereocenters. The number of benzene rings is 2. The van der Waals surface area contributed by atoms with Crippen molar-refractivity contribution in [1.82, 2.24) is 0 Å². The van der Waals surface area contributed by atoms with Crippen molar-refractivity contribution < 1.29 is 13.6 Å². The SMILES string of the molecule is Fc1ccc(C=NOCc2ccccc2F)cc1. The van der Waals surface area contributed by atoms with Gasteiger partial charge in [-0.2, -0.15) is 0 Å². The minimum absolute atomic E-state index is 0.0599. The second-order valence-electron chi connectivity index (χ2n) is 3.65. The van der Waals surface area contributed by atoms with Crippen LogP contribution in [-0.4, -0.2) is 6.21 Å². The summed E-state index contributed by atoms with van der Waals surface area (Å²) in [6.07, 6.45) is 1.44. The first-order chi connectivity index (χ1) is 8.75. The van der Waals surface area contributed by atoms with Gasteiger partial charge in [0.25, 0.3) is 0 Å². The van der Waals surface area contributed by atoms with Crippen LogP contribution in [0.3, 0.4) is 0 Å². The lowest BCUT2D eigenvalue weighted by Gasteiger charge is -2.00. The second-order valence-corrected chi connectivity index (χ2v) is 3.65. The molecule has 2 aromatic carbocycles. The van der Waals surface area contributed by atoms with Crippen LogP contribution in [0.5, 0.6) is 0 Å². The van der Waals surface area contributed by atoms with E-state index in [1.807, 2.05) is 0 Å². The number of nitrogens with zero attached hydrogens (tertiary/aromatic N) is 1. The Kier molecular flexibility index (Phi) is 4.02. The third-order valence-electron chi connectivity index (χ3n) is 2.32. The van der Waals surface area contributed by atoms with Crippen molar-refractivity contribution in [2.24, 2.45) is 5.16 Å². The summed E-state index contributed by atoms with van der Waals surface area (Å²) in [5.41, 5.74) is 1.15. The van der Waals surface area contributed by atoms with Crippen molar-refractivity contribution >= 4 is 6.21 Å². The van der Waals surface area contributed by atoms with Crippen LogP contribution in [0.2, 0.25) is 0 Å². The van der Waals surface area contributed by atoms with Gasteiger partial charge in [-0.1, -0.05) is 35.5 Å². The van der Waals surface area contributed by atoms with Crippen molar-refractivity contribution in [3.8, 4) is 0 Å². The molecule has 18 heavy (non-hydrogen) atoms. The molecule has 0 heterocycles. The van der Waals surface area contributed by atoms with E-state index in [2.05, 4.69) is 5.16 Å². The molecule has 0 bridgehead atoms. The summed E-state index contributed by atoms with van der Waals surface area (Å²) in [6, 6.07) is 12.1. The highest BCUT2D eigenvalue weighted by Gasteiger charge is 1.99. The molecule has 0 aliphatic heterocycles. The zero-order valence-electron chi connectivity index (χ0n) is 9.51. The van der Waals surface area contributed by atoms with E-state index in [0.717, 1.165) is 0 Å². The number of hydrogen-bond acceptors (Lipinski definition) is 2. The van der Waals surface area contributed by atoms with Crippen molar-refractivity contribution in [3.05, 3.63) is 71.3 Å². The minimum atomic E-state index is -0.325. The molecule has 0 spiro atoms. The van der Waals surface area contributed by atoms with E-state index < -0.39 is 0 Å². The van der Waals surface area contributed by atoms with Crippen LogP contribution in [0.25, 0.3) is 0 Å². The summed E-state index contributed by atoms with van der Waals surface area (Å²) in [4.78, 5) is 4.97. The topological polar surface area (TPSA) is 21.6 Å². The van der Waals surface area contributed by atoms with E-state index in [1.165, 1.54) is 24.4 Å². The van der Waals surface area contributed by atoms with Gasteiger partial charge in [0, 0.05) is 5.56 Å². The summed E-state index contributed by atoms with van der Waals surface area (Å²) < 4.78 is 25.8. The van der Waals surface area contributed by atoms with E-state index in [-0.39, 0.29) is 18.2 Å². The maximum atomic E-state index is 13.2. The molecular weight excluding hydrogens is 236 g/mol. The molecule has 2 rings (SSSR count). The number of hydrogen-bond donors (Lipinski definition) is 0. The highest BCUT2D eigenvalue weighted by molar-refractivity contribution is 5.78. The predicted octanol–water partition coefficient (Wildman–Crippen LogP) is 3.52. The smallest absolute Gasteiger partial charge is 0.145 e. The molecule has 0 aromatic heterocycles. The summed E-state index contributed by atoms with van der Waals surface area (Å²) >= 11 is 0. The lowest BCUT2D eigenvalue weighted by Crippen LogP contribution is -1.92. The Bertz CT molecular complexity index is 538. The molecule has 0 fully saturated rings. The van der Waals surface area contributed by atoms with Crippen LogP contribution in [0.1, 0.15) is 11.1 Å². The van der Waals surface area contributed by atoms with E-state index in [4.69, 9.17) is 4.84 Å². The fourth-order valence-corrected chi connectivity index (χ4v) is 1.37. The quantitative estimate of drug-likeness (QED) is 0.598. The van der Waals surface area contributed by atoms with Gasteiger partial charge in [-0.15, -0.1) is 0 Å². The Labute approximate surface area is 104 Å². The highest BCUT2D eigenvalue weighted by atomic mass is 19.1. The van der Waals surface area contributed by atoms with E-state index in [0.29, 0.717) is 11.1 Å². The standard InChI is InChI=1S/C14H11F2NO/c15-13-7-5-11(6-8-13)9-17-18-10-12-3-1-2-4-14(12)16/h1-9H,10H2. The number of oxime groups is 1. The van der Waals surface area contributed by atoms with Crippen molar-refractivity contribution in [3.63, 3.8) is 0 Å². The van der Waals surface area contributed by atoms with Gasteiger partial charge in [-0.25, -0.2) is 8.78 Å². The number of rotatable bonds is 4. The van der Waals surface area contributed by atoms with Gasteiger partial charge < -0.3 is 4.84 Å². The molecule has 0 saturated heterocycles. The molecule has 0 amide bonds. The lowest BCUT2D eigenvalue weighted by molar-refractivity contribution is 0.129. The third-order valence-corrected chi connectivity index (χ3v) is 2.32. The van der Waals surface area contributed by atoms with E-state index >= 15 is 0 Å². The maximum Gasteiger partial charge on any atom is 0.145 e. The van der Waals surface area contributed by atoms with E-state index in [1.54, 1.807) is 30.3 Å². The summed E-state index contributed by atoms with van der Waals surface area (Å²) in [5, 5.41) is 3.69. The molecule has 0 saturated carbocycles. The van der Waals surface area contributed by atoms with Crippen LogP contribution in [0.15, 0.2) is 53.7 Å². The largest absolute Gasteiger partial charge is 0.391 e. The first kappa shape index (κ1) is 12.2. The Balaban J connectivity index is 1.89. The fourth-order valence-electron chi connectivity index (χ4n) is 1.37. The Morgan fingerprint density at radius 1 is 1.00 bits per heavy atom. The minimum Gasteiger partial charge on any atom is -0.391 e. The zero-order valence-corrected chi connectivity index (χ0v) is 9.51. The summed E-state index contributed by atoms with van der Waals surface area (Å²) in [7, 11) is 0. The monoisotopic (exact) mass is 247 g/mol. The zero-order chi connectivity index (χ0) is 12.8. The molecule has 92 valence electrons. The Morgan fingerprint density at radius 3 is 2.44 bits per heavy atom. The lowest BCUT2D eigenvalue weighted by atomic mass is 10.2. The molecule has 2 nitrogen and oxygen atoms in total. The Morgan fingerprint density at radius 2 is 1.72 bits per heavy atom. The van der Waals surface area contributed by atoms with Gasteiger partial charge in [0.05, 0.1) is 6.21 Å². The van der Waals surface area contributed by atoms with Crippen LogP contribution in [0, 0.1) is 11.6 Å². The van der Waals surface area contributed by atoms with Gasteiger partial charge >= 0.3 is 0 Å². The average molecular weight is 247 g/mol. The molecule has 0 unspecified atom stereocenters. The van der Waals surface area contributed by atoms with Crippen molar-refractivity contribution in [2.75, 3.05) is 0 Å². The molecular formula is C14H11F2NO. The molecule has 0 N–H and O–H groups in total. The van der Waals surface area contributed by atoms with Gasteiger partial charge in [-0.3, -0.25) is 0 Å². The van der Waals surface area contributed by atoms with Gasteiger partial charge in [-0.05, 0) is 23.8 Å². The number of halogens is 2.